The number of methoxy groups -OCH3 is 1. The third-order valence-electron chi connectivity index (χ3n) is 5.80. The average Bonchev–Trinajstić information content (AvgIpc) is 3.25. The summed E-state index contributed by atoms with van der Waals surface area (Å²) in [5, 5.41) is 5.93. The minimum atomic E-state index is -3.70. The number of hydrogen-bond donors (Lipinski definition) is 1. The number of benzene rings is 2. The first-order valence-corrected chi connectivity index (χ1v) is 13.1. The van der Waals surface area contributed by atoms with Gasteiger partial charge in [0.1, 0.15) is 5.75 Å². The molecule has 9 heteroatoms. The lowest BCUT2D eigenvalue weighted by atomic mass is 9.98. The molecule has 0 radical (unpaired) electrons. The Morgan fingerprint density at radius 2 is 2.03 bits per heavy atom. The highest BCUT2D eigenvalue weighted by Gasteiger charge is 2.33. The predicted octanol–water partition coefficient (Wildman–Crippen LogP) is 4.47. The number of carbonyl (C=O) groups excluding carboxylic acids is 1. The SMILES string of the molecule is COc1ccc(S(=O)(=O)N2CCCC(C(=O)Nc3cccc(-c4csc(C)n4)c3)C2)cc1C. The van der Waals surface area contributed by atoms with E-state index in [9.17, 15) is 13.2 Å². The highest BCUT2D eigenvalue weighted by Crippen LogP contribution is 2.29. The Kier molecular flexibility index (Phi) is 6.83. The monoisotopic (exact) mass is 485 g/mol. The van der Waals surface area contributed by atoms with Crippen LogP contribution < -0.4 is 10.1 Å². The average molecular weight is 486 g/mol. The maximum atomic E-state index is 13.2. The molecule has 174 valence electrons. The van der Waals surface area contributed by atoms with E-state index in [1.165, 1.54) is 4.31 Å². The van der Waals surface area contributed by atoms with E-state index < -0.39 is 15.9 Å². The molecule has 1 fully saturated rings. The third kappa shape index (κ3) is 5.10. The Morgan fingerprint density at radius 1 is 1.21 bits per heavy atom. The quantitative estimate of drug-likeness (QED) is 0.556. The van der Waals surface area contributed by atoms with Crippen LogP contribution in [-0.2, 0) is 14.8 Å². The van der Waals surface area contributed by atoms with Crippen molar-refractivity contribution in [2.75, 3.05) is 25.5 Å². The summed E-state index contributed by atoms with van der Waals surface area (Å²) >= 11 is 1.58. The molecule has 2 aromatic carbocycles. The van der Waals surface area contributed by atoms with E-state index in [-0.39, 0.29) is 17.3 Å². The summed E-state index contributed by atoms with van der Waals surface area (Å²) < 4.78 is 33.1. The first-order valence-electron chi connectivity index (χ1n) is 10.8. The number of thiazole rings is 1. The number of anilines is 1. The molecule has 1 amide bonds. The number of amides is 1. The molecule has 0 aliphatic carbocycles. The maximum absolute atomic E-state index is 13.2. The van der Waals surface area contributed by atoms with Gasteiger partial charge >= 0.3 is 0 Å². The summed E-state index contributed by atoms with van der Waals surface area (Å²) in [7, 11) is -2.15. The highest BCUT2D eigenvalue weighted by molar-refractivity contribution is 7.89. The van der Waals surface area contributed by atoms with Crippen LogP contribution in [0.3, 0.4) is 0 Å². The van der Waals surface area contributed by atoms with Crippen molar-refractivity contribution in [1.29, 1.82) is 0 Å². The predicted molar refractivity (Wildman–Crippen MR) is 130 cm³/mol. The first-order chi connectivity index (χ1) is 15.8. The molecule has 4 rings (SSSR count). The molecule has 1 aliphatic rings. The normalized spacial score (nSPS) is 17.0. The van der Waals surface area contributed by atoms with Crippen molar-refractivity contribution in [1.82, 2.24) is 9.29 Å². The summed E-state index contributed by atoms with van der Waals surface area (Å²) in [5.74, 6) is 0.0466. The van der Waals surface area contributed by atoms with E-state index in [0.29, 0.717) is 30.8 Å². The molecule has 1 saturated heterocycles. The lowest BCUT2D eigenvalue weighted by molar-refractivity contribution is -0.120. The number of sulfonamides is 1. The molecule has 2 heterocycles. The van der Waals surface area contributed by atoms with E-state index in [1.807, 2.05) is 43.5 Å². The van der Waals surface area contributed by atoms with E-state index in [0.717, 1.165) is 21.8 Å². The molecule has 7 nitrogen and oxygen atoms in total. The van der Waals surface area contributed by atoms with Gasteiger partial charge in [0.15, 0.2) is 0 Å². The second kappa shape index (κ2) is 9.62. The Hall–Kier alpha value is -2.75. The molecule has 0 bridgehead atoms. The Balaban J connectivity index is 1.47. The fourth-order valence-corrected chi connectivity index (χ4v) is 6.26. The molecule has 1 unspecified atom stereocenters. The van der Waals surface area contributed by atoms with Gasteiger partial charge in [-0.25, -0.2) is 13.4 Å². The van der Waals surface area contributed by atoms with Crippen molar-refractivity contribution in [2.45, 2.75) is 31.6 Å². The van der Waals surface area contributed by atoms with E-state index in [4.69, 9.17) is 4.74 Å². The van der Waals surface area contributed by atoms with Crippen LogP contribution in [0, 0.1) is 19.8 Å². The lowest BCUT2D eigenvalue weighted by Gasteiger charge is -2.31. The van der Waals surface area contributed by atoms with E-state index >= 15 is 0 Å². The summed E-state index contributed by atoms with van der Waals surface area (Å²) in [6.45, 7) is 4.32. The minimum Gasteiger partial charge on any atom is -0.496 e. The first kappa shape index (κ1) is 23.4. The van der Waals surface area contributed by atoms with Crippen molar-refractivity contribution in [2.24, 2.45) is 5.92 Å². The summed E-state index contributed by atoms with van der Waals surface area (Å²) in [6.07, 6.45) is 1.27. The van der Waals surface area contributed by atoms with Crippen molar-refractivity contribution in [3.05, 3.63) is 58.4 Å². The molecule has 33 heavy (non-hydrogen) atoms. The van der Waals surface area contributed by atoms with Crippen LogP contribution in [0.4, 0.5) is 5.69 Å². The van der Waals surface area contributed by atoms with Crippen LogP contribution in [0.2, 0.25) is 0 Å². The Bertz CT molecular complexity index is 1270. The number of nitrogens with zero attached hydrogens (tertiary/aromatic N) is 2. The highest BCUT2D eigenvalue weighted by atomic mass is 32.2. The van der Waals surface area contributed by atoms with Crippen LogP contribution in [0.25, 0.3) is 11.3 Å². The van der Waals surface area contributed by atoms with Gasteiger partial charge in [-0.2, -0.15) is 4.31 Å². The topological polar surface area (TPSA) is 88.6 Å². The van der Waals surface area contributed by atoms with Crippen molar-refractivity contribution in [3.63, 3.8) is 0 Å². The molecule has 3 aromatic rings. The standard InChI is InChI=1S/C24H27N3O4S2/c1-16-12-21(9-10-23(16)31-3)33(29,30)27-11-5-7-19(14-27)24(28)26-20-8-4-6-18(13-20)22-15-32-17(2)25-22/h4,6,8-10,12-13,15,19H,5,7,11,14H2,1-3H3,(H,26,28). The van der Waals surface area contributed by atoms with E-state index in [1.54, 1.807) is 36.6 Å². The number of piperidine rings is 1. The maximum Gasteiger partial charge on any atom is 0.243 e. The molecule has 1 aromatic heterocycles. The van der Waals surface area contributed by atoms with Gasteiger partial charge in [-0.1, -0.05) is 12.1 Å². The van der Waals surface area contributed by atoms with E-state index in [2.05, 4.69) is 10.3 Å². The Labute approximate surface area is 198 Å². The molecular formula is C24H27N3O4S2. The molecular weight excluding hydrogens is 458 g/mol. The second-order valence-corrected chi connectivity index (χ2v) is 11.2. The fraction of sp³-hybridized carbons (Fsp3) is 0.333. The van der Waals surface area contributed by atoms with Gasteiger partial charge in [-0.3, -0.25) is 4.79 Å². The molecule has 0 spiro atoms. The van der Waals surface area contributed by atoms with Gasteiger partial charge in [0.2, 0.25) is 15.9 Å². The number of aromatic nitrogens is 1. The molecule has 1 N–H and O–H groups in total. The molecule has 1 atom stereocenters. The smallest absolute Gasteiger partial charge is 0.243 e. The number of nitrogens with one attached hydrogen (secondary N) is 1. The number of carbonyl (C=O) groups is 1. The van der Waals surface area contributed by atoms with Gasteiger partial charge in [0, 0.05) is 29.7 Å². The zero-order valence-corrected chi connectivity index (χ0v) is 20.5. The molecule has 1 aliphatic heterocycles. The minimum absolute atomic E-state index is 0.157. The van der Waals surface area contributed by atoms with Gasteiger partial charge in [0.05, 0.1) is 28.6 Å². The van der Waals surface area contributed by atoms with Crippen LogP contribution >= 0.6 is 11.3 Å². The summed E-state index contributed by atoms with van der Waals surface area (Å²) in [6, 6.07) is 12.4. The van der Waals surface area contributed by atoms with Crippen LogP contribution in [0.5, 0.6) is 5.75 Å². The number of hydrogen-bond acceptors (Lipinski definition) is 6. The second-order valence-electron chi connectivity index (χ2n) is 8.16. The Morgan fingerprint density at radius 3 is 2.73 bits per heavy atom. The summed E-state index contributed by atoms with van der Waals surface area (Å²) in [5.41, 5.74) is 3.23. The van der Waals surface area contributed by atoms with Crippen LogP contribution in [0.1, 0.15) is 23.4 Å². The van der Waals surface area contributed by atoms with Crippen LogP contribution in [-0.4, -0.2) is 43.8 Å². The number of rotatable bonds is 6. The lowest BCUT2D eigenvalue weighted by Crippen LogP contribution is -2.43. The molecule has 0 saturated carbocycles. The third-order valence-corrected chi connectivity index (χ3v) is 8.44. The zero-order valence-electron chi connectivity index (χ0n) is 18.9. The van der Waals surface area contributed by atoms with Crippen molar-refractivity contribution >= 4 is 33.0 Å². The van der Waals surface area contributed by atoms with Gasteiger partial charge in [0.25, 0.3) is 0 Å². The number of aryl methyl sites for hydroxylation is 2. The van der Waals surface area contributed by atoms with Crippen LogP contribution in [0.15, 0.2) is 52.7 Å². The van der Waals surface area contributed by atoms with Gasteiger partial charge in [-0.05, 0) is 62.6 Å². The van der Waals surface area contributed by atoms with Crippen molar-refractivity contribution in [3.8, 4) is 17.0 Å². The fourth-order valence-electron chi connectivity index (χ4n) is 4.03. The van der Waals surface area contributed by atoms with Crippen molar-refractivity contribution < 1.29 is 17.9 Å². The summed E-state index contributed by atoms with van der Waals surface area (Å²) in [4.78, 5) is 17.7. The van der Waals surface area contributed by atoms with Gasteiger partial charge < -0.3 is 10.1 Å². The largest absolute Gasteiger partial charge is 0.496 e. The van der Waals surface area contributed by atoms with Gasteiger partial charge in [-0.15, -0.1) is 11.3 Å². The number of ether oxygens (including phenoxy) is 1. The zero-order chi connectivity index (χ0) is 23.6.